The Hall–Kier alpha value is -1.85. The summed E-state index contributed by atoms with van der Waals surface area (Å²) in [7, 11) is 4.12. The Morgan fingerprint density at radius 1 is 1.32 bits per heavy atom. The lowest BCUT2D eigenvalue weighted by atomic mass is 10.2. The van der Waals surface area contributed by atoms with Crippen LogP contribution < -0.4 is 5.32 Å². The van der Waals surface area contributed by atoms with E-state index in [0.717, 1.165) is 18.8 Å². The van der Waals surface area contributed by atoms with Crippen molar-refractivity contribution in [3.05, 3.63) is 35.5 Å². The van der Waals surface area contributed by atoms with Gasteiger partial charge in [-0.1, -0.05) is 18.5 Å². The summed E-state index contributed by atoms with van der Waals surface area (Å²) in [6, 6.07) is 7.07. The van der Waals surface area contributed by atoms with Crippen molar-refractivity contribution in [1.29, 1.82) is 0 Å². The molecule has 0 aliphatic carbocycles. The van der Waals surface area contributed by atoms with Gasteiger partial charge in [0.25, 0.3) is 0 Å². The van der Waals surface area contributed by atoms with E-state index in [1.54, 1.807) is 24.4 Å². The van der Waals surface area contributed by atoms with E-state index >= 15 is 0 Å². The van der Waals surface area contributed by atoms with Crippen molar-refractivity contribution in [3.63, 3.8) is 0 Å². The maximum atomic E-state index is 9.94. The molecule has 5 nitrogen and oxygen atoms in total. The SMILES string of the molecule is CC[C@H](CNc1ccnc(-c2cc(Cl)ccc2O)n1)N(C)C. The van der Waals surface area contributed by atoms with Gasteiger partial charge in [0.05, 0.1) is 5.56 Å². The van der Waals surface area contributed by atoms with Crippen LogP contribution in [-0.4, -0.2) is 46.7 Å². The summed E-state index contributed by atoms with van der Waals surface area (Å²) in [5.41, 5.74) is 0.524. The zero-order chi connectivity index (χ0) is 16.1. The van der Waals surface area contributed by atoms with Gasteiger partial charge < -0.3 is 15.3 Å². The number of aromatic hydroxyl groups is 1. The minimum Gasteiger partial charge on any atom is -0.507 e. The van der Waals surface area contributed by atoms with Gasteiger partial charge in [0, 0.05) is 23.8 Å². The Balaban J connectivity index is 2.18. The van der Waals surface area contributed by atoms with Crippen LogP contribution in [0.5, 0.6) is 5.75 Å². The molecule has 0 saturated carbocycles. The molecule has 2 rings (SSSR count). The number of rotatable bonds is 6. The van der Waals surface area contributed by atoms with E-state index in [1.165, 1.54) is 0 Å². The van der Waals surface area contributed by atoms with Crippen LogP contribution in [0.2, 0.25) is 5.02 Å². The van der Waals surface area contributed by atoms with Crippen LogP contribution in [-0.2, 0) is 0 Å². The van der Waals surface area contributed by atoms with E-state index in [-0.39, 0.29) is 5.75 Å². The fourth-order valence-corrected chi connectivity index (χ4v) is 2.36. The number of hydrogen-bond acceptors (Lipinski definition) is 5. The molecular weight excluding hydrogens is 300 g/mol. The number of anilines is 1. The molecule has 2 N–H and O–H groups in total. The maximum Gasteiger partial charge on any atom is 0.165 e. The third kappa shape index (κ3) is 4.08. The molecule has 1 aromatic heterocycles. The number of aromatic nitrogens is 2. The van der Waals surface area contributed by atoms with Gasteiger partial charge in [-0.2, -0.15) is 0 Å². The summed E-state index contributed by atoms with van der Waals surface area (Å²) in [4.78, 5) is 10.8. The van der Waals surface area contributed by atoms with Crippen molar-refractivity contribution >= 4 is 17.4 Å². The first-order chi connectivity index (χ1) is 10.5. The first kappa shape index (κ1) is 16.5. The zero-order valence-corrected chi connectivity index (χ0v) is 13.8. The lowest BCUT2D eigenvalue weighted by molar-refractivity contribution is 0.298. The normalized spacial score (nSPS) is 12.4. The summed E-state index contributed by atoms with van der Waals surface area (Å²) in [6.45, 7) is 2.95. The maximum absolute atomic E-state index is 9.94. The Labute approximate surface area is 136 Å². The third-order valence-corrected chi connectivity index (χ3v) is 3.81. The number of halogens is 1. The predicted octanol–water partition coefficient (Wildman–Crippen LogP) is 3.25. The molecule has 0 aliphatic heterocycles. The average molecular weight is 321 g/mol. The fraction of sp³-hybridized carbons (Fsp3) is 0.375. The Morgan fingerprint density at radius 3 is 2.77 bits per heavy atom. The quantitative estimate of drug-likeness (QED) is 0.855. The molecule has 118 valence electrons. The second-order valence-electron chi connectivity index (χ2n) is 5.33. The van der Waals surface area contributed by atoms with Crippen LogP contribution in [0, 0.1) is 0 Å². The molecule has 0 radical (unpaired) electrons. The fourth-order valence-electron chi connectivity index (χ4n) is 2.19. The number of likely N-dealkylation sites (N-methyl/N-ethyl adjacent to an activating group) is 1. The van der Waals surface area contributed by atoms with Crippen molar-refractivity contribution in [1.82, 2.24) is 14.9 Å². The predicted molar refractivity (Wildman–Crippen MR) is 90.4 cm³/mol. The molecule has 1 aromatic carbocycles. The molecule has 0 fully saturated rings. The second kappa shape index (κ2) is 7.42. The van der Waals surface area contributed by atoms with E-state index in [9.17, 15) is 5.11 Å². The van der Waals surface area contributed by atoms with Crippen LogP contribution >= 0.6 is 11.6 Å². The van der Waals surface area contributed by atoms with E-state index in [4.69, 9.17) is 11.6 Å². The largest absolute Gasteiger partial charge is 0.507 e. The highest BCUT2D eigenvalue weighted by atomic mass is 35.5. The van der Waals surface area contributed by atoms with Crippen LogP contribution in [0.25, 0.3) is 11.4 Å². The van der Waals surface area contributed by atoms with Gasteiger partial charge in [-0.15, -0.1) is 0 Å². The first-order valence-electron chi connectivity index (χ1n) is 7.23. The number of phenols is 1. The smallest absolute Gasteiger partial charge is 0.165 e. The lowest BCUT2D eigenvalue weighted by Gasteiger charge is -2.23. The van der Waals surface area contributed by atoms with Crippen LogP contribution in [0.1, 0.15) is 13.3 Å². The lowest BCUT2D eigenvalue weighted by Crippen LogP contribution is -2.34. The van der Waals surface area contributed by atoms with E-state index in [1.807, 2.05) is 6.07 Å². The van der Waals surface area contributed by atoms with Crippen LogP contribution in [0.4, 0.5) is 5.82 Å². The van der Waals surface area contributed by atoms with E-state index in [2.05, 4.69) is 41.2 Å². The van der Waals surface area contributed by atoms with Crippen molar-refractivity contribution < 1.29 is 5.11 Å². The van der Waals surface area contributed by atoms with Gasteiger partial charge >= 0.3 is 0 Å². The number of nitrogens with one attached hydrogen (secondary N) is 1. The monoisotopic (exact) mass is 320 g/mol. The molecule has 0 amide bonds. The highest BCUT2D eigenvalue weighted by Crippen LogP contribution is 2.29. The Morgan fingerprint density at radius 2 is 2.09 bits per heavy atom. The van der Waals surface area contributed by atoms with Crippen molar-refractivity contribution in [2.24, 2.45) is 0 Å². The Kier molecular flexibility index (Phi) is 5.57. The van der Waals surface area contributed by atoms with Gasteiger partial charge in [0.2, 0.25) is 0 Å². The summed E-state index contributed by atoms with van der Waals surface area (Å²) >= 11 is 5.98. The highest BCUT2D eigenvalue weighted by Gasteiger charge is 2.11. The topological polar surface area (TPSA) is 61.3 Å². The molecule has 2 aromatic rings. The van der Waals surface area contributed by atoms with Gasteiger partial charge in [0.15, 0.2) is 5.82 Å². The zero-order valence-electron chi connectivity index (χ0n) is 13.0. The van der Waals surface area contributed by atoms with Gasteiger partial charge in [0.1, 0.15) is 11.6 Å². The molecule has 1 atom stereocenters. The summed E-state index contributed by atoms with van der Waals surface area (Å²) < 4.78 is 0. The number of benzene rings is 1. The van der Waals surface area contributed by atoms with Crippen molar-refractivity contribution in [2.45, 2.75) is 19.4 Å². The molecule has 0 unspecified atom stereocenters. The number of hydrogen-bond donors (Lipinski definition) is 2. The average Bonchev–Trinajstić information content (AvgIpc) is 2.50. The molecule has 22 heavy (non-hydrogen) atoms. The molecule has 6 heteroatoms. The van der Waals surface area contributed by atoms with Crippen molar-refractivity contribution in [3.8, 4) is 17.1 Å². The molecule has 1 heterocycles. The molecule has 0 bridgehead atoms. The van der Waals surface area contributed by atoms with Crippen LogP contribution in [0.3, 0.4) is 0 Å². The van der Waals surface area contributed by atoms with E-state index < -0.39 is 0 Å². The highest BCUT2D eigenvalue weighted by molar-refractivity contribution is 6.30. The second-order valence-corrected chi connectivity index (χ2v) is 5.77. The van der Waals surface area contributed by atoms with E-state index in [0.29, 0.717) is 22.5 Å². The number of nitrogens with zero attached hydrogens (tertiary/aromatic N) is 3. The van der Waals surface area contributed by atoms with Gasteiger partial charge in [-0.3, -0.25) is 0 Å². The standard InChI is InChI=1S/C16H21ClN4O/c1-4-12(21(2)3)10-19-15-7-8-18-16(20-15)13-9-11(17)5-6-14(13)22/h5-9,12,22H,4,10H2,1-3H3,(H,18,19,20)/t12-/m1/s1. The minimum atomic E-state index is 0.112. The molecular formula is C16H21ClN4O. The number of phenolic OH excluding ortho intramolecular Hbond substituents is 1. The molecule has 0 spiro atoms. The summed E-state index contributed by atoms with van der Waals surface area (Å²) in [6.07, 6.45) is 2.72. The molecule has 0 aliphatic rings. The first-order valence-corrected chi connectivity index (χ1v) is 7.61. The third-order valence-electron chi connectivity index (χ3n) is 3.58. The van der Waals surface area contributed by atoms with Gasteiger partial charge in [-0.05, 0) is 44.8 Å². The summed E-state index contributed by atoms with van der Waals surface area (Å²) in [5, 5.41) is 13.8. The molecule has 0 saturated heterocycles. The summed E-state index contributed by atoms with van der Waals surface area (Å²) in [5.74, 6) is 1.29. The van der Waals surface area contributed by atoms with Gasteiger partial charge in [-0.25, -0.2) is 9.97 Å². The minimum absolute atomic E-state index is 0.112. The van der Waals surface area contributed by atoms with Crippen molar-refractivity contribution in [2.75, 3.05) is 26.0 Å². The van der Waals surface area contributed by atoms with Crippen LogP contribution in [0.15, 0.2) is 30.5 Å². The Bertz CT molecular complexity index is 633.